The Balaban J connectivity index is 2.16. The summed E-state index contributed by atoms with van der Waals surface area (Å²) in [7, 11) is 0. The van der Waals surface area contributed by atoms with Crippen LogP contribution in [0.25, 0.3) is 16.2 Å². The number of pyridine rings is 1. The van der Waals surface area contributed by atoms with Crippen LogP contribution in [0.4, 0.5) is 0 Å². The van der Waals surface area contributed by atoms with Crippen molar-refractivity contribution in [2.24, 2.45) is 0 Å². The van der Waals surface area contributed by atoms with Crippen molar-refractivity contribution in [3.05, 3.63) is 46.0 Å². The molecule has 3 aromatic heterocycles. The molecule has 3 heterocycles. The van der Waals surface area contributed by atoms with Gasteiger partial charge in [0.1, 0.15) is 11.9 Å². The third kappa shape index (κ3) is 1.92. The van der Waals surface area contributed by atoms with E-state index in [-0.39, 0.29) is 0 Å². The number of fused-ring (bicyclic) bond motifs is 1. The first-order chi connectivity index (χ1) is 8.26. The first kappa shape index (κ1) is 10.7. The topological polar surface area (TPSA) is 34.4 Å². The molecule has 0 saturated heterocycles. The molecule has 0 spiro atoms. The van der Waals surface area contributed by atoms with Crippen molar-refractivity contribution in [3.8, 4) is 10.6 Å². The number of halogens is 1. The van der Waals surface area contributed by atoms with Crippen LogP contribution in [0.5, 0.6) is 0 Å². The maximum Gasteiger partial charge on any atom is 0.150 e. The second-order valence-electron chi connectivity index (χ2n) is 3.57. The first-order valence-corrected chi connectivity index (χ1v) is 6.57. The quantitative estimate of drug-likeness (QED) is 0.677. The second-order valence-corrected chi connectivity index (χ2v) is 6.04. The minimum Gasteiger partial charge on any atom is -0.306 e. The predicted molar refractivity (Wildman–Crippen MR) is 71.6 cm³/mol. The Morgan fingerprint density at radius 2 is 2.24 bits per heavy atom. The lowest BCUT2D eigenvalue weighted by Crippen LogP contribution is -1.85. The summed E-state index contributed by atoms with van der Waals surface area (Å²) < 4.78 is 2.99. The lowest BCUT2D eigenvalue weighted by Gasteiger charge is -1.91. The van der Waals surface area contributed by atoms with Crippen LogP contribution in [0.15, 0.2) is 40.4 Å². The van der Waals surface area contributed by atoms with E-state index in [2.05, 4.69) is 20.9 Å². The van der Waals surface area contributed by atoms with E-state index in [1.54, 1.807) is 23.5 Å². The van der Waals surface area contributed by atoms with Gasteiger partial charge >= 0.3 is 0 Å². The van der Waals surface area contributed by atoms with Crippen LogP contribution in [-0.4, -0.2) is 15.7 Å². The number of carbonyl (C=O) groups excluding carboxylic acids is 1. The van der Waals surface area contributed by atoms with Crippen molar-refractivity contribution in [2.45, 2.75) is 0 Å². The second kappa shape index (κ2) is 4.09. The van der Waals surface area contributed by atoms with Crippen LogP contribution < -0.4 is 0 Å². The Kier molecular flexibility index (Phi) is 2.57. The summed E-state index contributed by atoms with van der Waals surface area (Å²) in [5, 5.41) is 0. The number of thiophene rings is 1. The van der Waals surface area contributed by atoms with Gasteiger partial charge in [-0.25, -0.2) is 4.98 Å². The van der Waals surface area contributed by atoms with Gasteiger partial charge in [0.15, 0.2) is 0 Å². The number of aldehydes is 1. The Bertz CT molecular complexity index is 701. The van der Waals surface area contributed by atoms with Gasteiger partial charge < -0.3 is 4.40 Å². The smallest absolute Gasteiger partial charge is 0.150 e. The molecule has 0 unspecified atom stereocenters. The van der Waals surface area contributed by atoms with Gasteiger partial charge in [0.05, 0.1) is 14.4 Å². The fourth-order valence-corrected chi connectivity index (χ4v) is 2.98. The molecule has 0 aromatic carbocycles. The number of carbonyl (C=O) groups is 1. The molecule has 0 aliphatic rings. The van der Waals surface area contributed by atoms with Crippen LogP contribution in [0.2, 0.25) is 0 Å². The van der Waals surface area contributed by atoms with Gasteiger partial charge in [-0.3, -0.25) is 4.79 Å². The molecule has 0 bridgehead atoms. The summed E-state index contributed by atoms with van der Waals surface area (Å²) in [6.45, 7) is 0. The van der Waals surface area contributed by atoms with Crippen LogP contribution in [0, 0.1) is 0 Å². The SMILES string of the molecule is O=Cc1ccn2cc(-c3ccc(Br)s3)nc2c1. The highest BCUT2D eigenvalue weighted by molar-refractivity contribution is 9.11. The van der Waals surface area contributed by atoms with Crippen molar-refractivity contribution in [3.63, 3.8) is 0 Å². The highest BCUT2D eigenvalue weighted by atomic mass is 79.9. The van der Waals surface area contributed by atoms with Crippen molar-refractivity contribution in [1.82, 2.24) is 9.38 Å². The zero-order valence-corrected chi connectivity index (χ0v) is 11.0. The molecular weight excluding hydrogens is 300 g/mol. The third-order valence-electron chi connectivity index (χ3n) is 2.45. The molecule has 5 heteroatoms. The average molecular weight is 307 g/mol. The largest absolute Gasteiger partial charge is 0.306 e. The monoisotopic (exact) mass is 306 g/mol. The number of rotatable bonds is 2. The molecule has 0 radical (unpaired) electrons. The summed E-state index contributed by atoms with van der Waals surface area (Å²) >= 11 is 5.07. The van der Waals surface area contributed by atoms with Crippen LogP contribution in [0.3, 0.4) is 0 Å². The Morgan fingerprint density at radius 1 is 1.35 bits per heavy atom. The Morgan fingerprint density at radius 3 is 2.94 bits per heavy atom. The van der Waals surface area contributed by atoms with Gasteiger partial charge in [-0.1, -0.05) is 0 Å². The molecular formula is C12H7BrN2OS. The van der Waals surface area contributed by atoms with Gasteiger partial charge in [0.2, 0.25) is 0 Å². The fourth-order valence-electron chi connectivity index (χ4n) is 1.64. The lowest BCUT2D eigenvalue weighted by molar-refractivity contribution is 0.112. The highest BCUT2D eigenvalue weighted by Gasteiger charge is 2.07. The van der Waals surface area contributed by atoms with Crippen LogP contribution >= 0.6 is 27.3 Å². The summed E-state index contributed by atoms with van der Waals surface area (Å²) in [6, 6.07) is 7.58. The van der Waals surface area contributed by atoms with E-state index in [1.807, 2.05) is 28.9 Å². The zero-order valence-electron chi connectivity index (χ0n) is 8.63. The number of aromatic nitrogens is 2. The molecule has 3 rings (SSSR count). The normalized spacial score (nSPS) is 10.9. The van der Waals surface area contributed by atoms with Crippen molar-refractivity contribution >= 4 is 39.2 Å². The van der Waals surface area contributed by atoms with Gasteiger partial charge in [0.25, 0.3) is 0 Å². The summed E-state index contributed by atoms with van der Waals surface area (Å²) in [5.74, 6) is 0. The summed E-state index contributed by atoms with van der Waals surface area (Å²) in [6.07, 6.45) is 4.64. The van der Waals surface area contributed by atoms with Gasteiger partial charge in [-0.2, -0.15) is 0 Å². The molecule has 3 aromatic rings. The number of nitrogens with zero attached hydrogens (tertiary/aromatic N) is 2. The molecule has 0 aliphatic heterocycles. The van der Waals surface area contributed by atoms with E-state index >= 15 is 0 Å². The summed E-state index contributed by atoms with van der Waals surface area (Å²) in [5.41, 5.74) is 2.35. The molecule has 0 amide bonds. The molecule has 0 atom stereocenters. The van der Waals surface area contributed by atoms with E-state index in [0.717, 1.165) is 26.3 Å². The minimum atomic E-state index is 0.641. The van der Waals surface area contributed by atoms with Gasteiger partial charge in [-0.05, 0) is 40.2 Å². The average Bonchev–Trinajstić information content (AvgIpc) is 2.93. The molecule has 0 fully saturated rings. The van der Waals surface area contributed by atoms with E-state index in [1.165, 1.54) is 0 Å². The molecule has 3 nitrogen and oxygen atoms in total. The van der Waals surface area contributed by atoms with Crippen LogP contribution in [-0.2, 0) is 0 Å². The lowest BCUT2D eigenvalue weighted by atomic mass is 10.3. The molecule has 0 N–H and O–H groups in total. The van der Waals surface area contributed by atoms with Crippen molar-refractivity contribution < 1.29 is 4.79 Å². The van der Waals surface area contributed by atoms with Gasteiger partial charge in [0, 0.05) is 18.0 Å². The van der Waals surface area contributed by atoms with E-state index < -0.39 is 0 Å². The third-order valence-corrected chi connectivity index (χ3v) is 4.09. The maximum atomic E-state index is 10.7. The first-order valence-electron chi connectivity index (χ1n) is 4.96. The Labute approximate surface area is 110 Å². The molecule has 17 heavy (non-hydrogen) atoms. The standard InChI is InChI=1S/C12H7BrN2OS/c13-11-2-1-10(17-11)9-6-15-4-3-8(7-16)5-12(15)14-9/h1-7H. The molecule has 84 valence electrons. The van der Waals surface area contributed by atoms with Crippen molar-refractivity contribution in [1.29, 1.82) is 0 Å². The van der Waals surface area contributed by atoms with E-state index in [4.69, 9.17) is 0 Å². The zero-order chi connectivity index (χ0) is 11.8. The van der Waals surface area contributed by atoms with E-state index in [0.29, 0.717) is 5.56 Å². The molecule has 0 saturated carbocycles. The van der Waals surface area contributed by atoms with Crippen LogP contribution in [0.1, 0.15) is 10.4 Å². The van der Waals surface area contributed by atoms with Crippen molar-refractivity contribution in [2.75, 3.05) is 0 Å². The fraction of sp³-hybridized carbons (Fsp3) is 0. The highest BCUT2D eigenvalue weighted by Crippen LogP contribution is 2.30. The minimum absolute atomic E-state index is 0.641. The Hall–Kier alpha value is -1.46. The molecule has 0 aliphatic carbocycles. The maximum absolute atomic E-state index is 10.7. The van der Waals surface area contributed by atoms with E-state index in [9.17, 15) is 4.79 Å². The number of hydrogen-bond acceptors (Lipinski definition) is 3. The predicted octanol–water partition coefficient (Wildman–Crippen LogP) is 3.64. The number of imidazole rings is 1. The number of hydrogen-bond donors (Lipinski definition) is 0. The summed E-state index contributed by atoms with van der Waals surface area (Å²) in [4.78, 5) is 16.3. The van der Waals surface area contributed by atoms with Gasteiger partial charge in [-0.15, -0.1) is 11.3 Å².